The highest BCUT2D eigenvalue weighted by atomic mass is 19.1. The van der Waals surface area contributed by atoms with Crippen molar-refractivity contribution in [1.29, 1.82) is 0 Å². The average Bonchev–Trinajstić information content (AvgIpc) is 3.05. The Bertz CT molecular complexity index is 871. The van der Waals surface area contributed by atoms with Crippen molar-refractivity contribution in [1.82, 2.24) is 10.2 Å². The van der Waals surface area contributed by atoms with Crippen LogP contribution >= 0.6 is 0 Å². The minimum atomic E-state index is -0.225. The first-order chi connectivity index (χ1) is 14.1. The van der Waals surface area contributed by atoms with Crippen LogP contribution in [0.1, 0.15) is 42.9 Å². The first-order valence-corrected chi connectivity index (χ1v) is 10.9. The fraction of sp³-hybridized carbons (Fsp3) is 0.500. The van der Waals surface area contributed by atoms with Crippen molar-refractivity contribution in [2.75, 3.05) is 44.7 Å². The summed E-state index contributed by atoms with van der Waals surface area (Å²) in [5.74, 6) is 0.516. The van der Waals surface area contributed by atoms with E-state index < -0.39 is 0 Å². The van der Waals surface area contributed by atoms with Crippen LogP contribution in [0.25, 0.3) is 0 Å². The lowest BCUT2D eigenvalue weighted by Gasteiger charge is -2.42. The Balaban J connectivity index is 1.24. The Morgan fingerprint density at radius 3 is 2.86 bits per heavy atom. The molecular weight excluding hydrogens is 365 g/mol. The van der Waals surface area contributed by atoms with Gasteiger partial charge < -0.3 is 14.5 Å². The number of rotatable bonds is 5. The fourth-order valence-electron chi connectivity index (χ4n) is 5.48. The van der Waals surface area contributed by atoms with E-state index in [9.17, 15) is 4.39 Å². The van der Waals surface area contributed by atoms with Crippen LogP contribution in [0.15, 0.2) is 42.5 Å². The summed E-state index contributed by atoms with van der Waals surface area (Å²) in [7, 11) is 2.22. The van der Waals surface area contributed by atoms with Crippen molar-refractivity contribution in [3.63, 3.8) is 0 Å². The summed E-state index contributed by atoms with van der Waals surface area (Å²) in [4.78, 5) is 5.00. The van der Waals surface area contributed by atoms with Crippen molar-refractivity contribution < 1.29 is 9.13 Å². The second-order valence-electron chi connectivity index (χ2n) is 8.75. The van der Waals surface area contributed by atoms with E-state index in [1.165, 1.54) is 42.6 Å². The Hall–Kier alpha value is -2.11. The number of fused-ring (bicyclic) bond motifs is 2. The van der Waals surface area contributed by atoms with Crippen LogP contribution in [0.4, 0.5) is 10.1 Å². The van der Waals surface area contributed by atoms with Crippen LogP contribution in [0.2, 0.25) is 0 Å². The smallest absolute Gasteiger partial charge is 0.123 e. The number of anilines is 1. The number of hydrogen-bond acceptors (Lipinski definition) is 4. The molecule has 3 aliphatic heterocycles. The van der Waals surface area contributed by atoms with E-state index in [0.29, 0.717) is 12.6 Å². The SMILES string of the molecule is CN1CCC23CCCN(CCCOc4ccc(F)cc4)CC(N2)c2cccc1c23. The molecule has 0 saturated carbocycles. The summed E-state index contributed by atoms with van der Waals surface area (Å²) in [5.41, 5.74) is 4.68. The third kappa shape index (κ3) is 3.51. The molecule has 1 spiro atoms. The van der Waals surface area contributed by atoms with Gasteiger partial charge in [-0.3, -0.25) is 5.32 Å². The minimum Gasteiger partial charge on any atom is -0.494 e. The minimum absolute atomic E-state index is 0.181. The van der Waals surface area contributed by atoms with Crippen molar-refractivity contribution in [3.8, 4) is 5.75 Å². The summed E-state index contributed by atoms with van der Waals surface area (Å²) < 4.78 is 18.8. The van der Waals surface area contributed by atoms with Crippen LogP contribution in [-0.2, 0) is 5.54 Å². The maximum atomic E-state index is 13.0. The monoisotopic (exact) mass is 395 g/mol. The first kappa shape index (κ1) is 18.9. The number of nitrogens with one attached hydrogen (secondary N) is 1. The number of ether oxygens (including phenoxy) is 1. The molecular formula is C24H30FN3O. The third-order valence-electron chi connectivity index (χ3n) is 6.88. The molecule has 5 heteroatoms. The summed E-state index contributed by atoms with van der Waals surface area (Å²) in [5, 5.41) is 4.05. The number of benzene rings is 2. The maximum absolute atomic E-state index is 13.0. The molecule has 3 aliphatic rings. The highest BCUT2D eigenvalue weighted by molar-refractivity contribution is 5.64. The molecule has 5 rings (SSSR count). The lowest BCUT2D eigenvalue weighted by molar-refractivity contribution is 0.161. The van der Waals surface area contributed by atoms with E-state index in [2.05, 4.69) is 40.4 Å². The zero-order valence-corrected chi connectivity index (χ0v) is 17.2. The van der Waals surface area contributed by atoms with Gasteiger partial charge in [0.05, 0.1) is 6.61 Å². The summed E-state index contributed by atoms with van der Waals surface area (Å²) >= 11 is 0. The van der Waals surface area contributed by atoms with E-state index in [1.807, 2.05) is 0 Å². The largest absolute Gasteiger partial charge is 0.494 e. The van der Waals surface area contributed by atoms with Crippen LogP contribution in [-0.4, -0.2) is 44.7 Å². The van der Waals surface area contributed by atoms with Crippen LogP contribution in [0.5, 0.6) is 5.75 Å². The highest BCUT2D eigenvalue weighted by Gasteiger charge is 2.48. The molecule has 0 aliphatic carbocycles. The van der Waals surface area contributed by atoms with Gasteiger partial charge in [-0.05, 0) is 68.1 Å². The summed E-state index contributed by atoms with van der Waals surface area (Å²) in [6.45, 7) is 5.02. The predicted molar refractivity (Wildman–Crippen MR) is 114 cm³/mol. The Morgan fingerprint density at radius 2 is 2.00 bits per heavy atom. The molecule has 0 aromatic heterocycles. The predicted octanol–water partition coefficient (Wildman–Crippen LogP) is 4.07. The van der Waals surface area contributed by atoms with Crippen LogP contribution in [0.3, 0.4) is 0 Å². The van der Waals surface area contributed by atoms with E-state index >= 15 is 0 Å². The zero-order valence-electron chi connectivity index (χ0n) is 17.2. The van der Waals surface area contributed by atoms with Crippen molar-refractivity contribution in [2.24, 2.45) is 0 Å². The molecule has 29 heavy (non-hydrogen) atoms. The molecule has 154 valence electrons. The Labute approximate surface area is 172 Å². The standard InChI is InChI=1S/C24H30FN3O/c1-27-15-12-24-11-3-13-28(14-4-16-29-19-9-7-18(25)8-10-19)17-21(26-24)20-5-2-6-22(27)23(20)24/h2,5-10,21,26H,3-4,11-17H2,1H3. The first-order valence-electron chi connectivity index (χ1n) is 10.9. The van der Waals surface area contributed by atoms with Gasteiger partial charge in [-0.15, -0.1) is 0 Å². The quantitative estimate of drug-likeness (QED) is 0.773. The van der Waals surface area contributed by atoms with E-state index in [1.54, 1.807) is 17.7 Å². The summed E-state index contributed by atoms with van der Waals surface area (Å²) in [6.07, 6.45) is 4.61. The van der Waals surface area contributed by atoms with Crippen molar-refractivity contribution in [3.05, 3.63) is 59.4 Å². The Kier molecular flexibility index (Phi) is 4.96. The van der Waals surface area contributed by atoms with Gasteiger partial charge in [-0.25, -0.2) is 4.39 Å². The molecule has 4 nitrogen and oxygen atoms in total. The van der Waals surface area contributed by atoms with Crippen LogP contribution < -0.4 is 15.0 Å². The molecule has 1 saturated heterocycles. The topological polar surface area (TPSA) is 27.7 Å². The molecule has 2 aromatic carbocycles. The lowest BCUT2D eigenvalue weighted by atomic mass is 9.79. The fourth-order valence-corrected chi connectivity index (χ4v) is 5.48. The molecule has 3 heterocycles. The molecule has 0 radical (unpaired) electrons. The zero-order chi connectivity index (χ0) is 19.8. The molecule has 2 atom stereocenters. The number of halogens is 1. The van der Waals surface area contributed by atoms with E-state index in [0.717, 1.165) is 38.3 Å². The van der Waals surface area contributed by atoms with E-state index in [-0.39, 0.29) is 11.4 Å². The molecule has 2 aromatic rings. The van der Waals surface area contributed by atoms with E-state index in [4.69, 9.17) is 4.74 Å². The molecule has 0 amide bonds. The molecule has 1 fully saturated rings. The lowest BCUT2D eigenvalue weighted by Crippen LogP contribution is -2.48. The van der Waals surface area contributed by atoms with Crippen molar-refractivity contribution in [2.45, 2.75) is 37.3 Å². The number of hydrogen-bond donors (Lipinski definition) is 1. The second-order valence-corrected chi connectivity index (χ2v) is 8.75. The average molecular weight is 396 g/mol. The van der Waals surface area contributed by atoms with Gasteiger partial charge in [-0.2, -0.15) is 0 Å². The normalized spacial score (nSPS) is 26.0. The molecule has 2 bridgehead atoms. The maximum Gasteiger partial charge on any atom is 0.123 e. The van der Waals surface area contributed by atoms with Gasteiger partial charge in [-0.1, -0.05) is 12.1 Å². The van der Waals surface area contributed by atoms with Gasteiger partial charge in [0.15, 0.2) is 0 Å². The van der Waals surface area contributed by atoms with Crippen LogP contribution in [0, 0.1) is 5.82 Å². The second kappa shape index (κ2) is 7.62. The van der Waals surface area contributed by atoms with Gasteiger partial charge in [0.2, 0.25) is 0 Å². The highest BCUT2D eigenvalue weighted by Crippen LogP contribution is 2.50. The van der Waals surface area contributed by atoms with Gasteiger partial charge in [0.1, 0.15) is 11.6 Å². The van der Waals surface area contributed by atoms with Gasteiger partial charge in [0, 0.05) is 49.5 Å². The molecule has 1 N–H and O–H groups in total. The van der Waals surface area contributed by atoms with Gasteiger partial charge in [0.25, 0.3) is 0 Å². The Morgan fingerprint density at radius 1 is 1.14 bits per heavy atom. The van der Waals surface area contributed by atoms with Gasteiger partial charge >= 0.3 is 0 Å². The molecule has 2 unspecified atom stereocenters. The van der Waals surface area contributed by atoms with Crippen molar-refractivity contribution >= 4 is 5.69 Å². The summed E-state index contributed by atoms with van der Waals surface area (Å²) in [6, 6.07) is 13.5. The third-order valence-corrected chi connectivity index (χ3v) is 6.88. The number of nitrogens with zero attached hydrogens (tertiary/aromatic N) is 2.